The molecule has 2 N–H and O–H groups in total. The Morgan fingerprint density at radius 3 is 2.59 bits per heavy atom. The zero-order valence-electron chi connectivity index (χ0n) is 20.9. The fraction of sp³-hybridized carbons (Fsp3) is 0.231. The molecule has 2 aromatic carbocycles. The molecule has 4 heterocycles. The number of hydrogen-bond acceptors (Lipinski definition) is 10. The van der Waals surface area contributed by atoms with E-state index in [0.29, 0.717) is 41.4 Å². The first kappa shape index (κ1) is 22.7. The predicted octanol–water partition coefficient (Wildman–Crippen LogP) is 4.36. The minimum atomic E-state index is -0.366. The van der Waals surface area contributed by atoms with Crippen LogP contribution in [0.15, 0.2) is 60.4 Å². The zero-order valence-corrected chi connectivity index (χ0v) is 20.9. The lowest BCUT2D eigenvalue weighted by molar-refractivity contribution is 0.276. The quantitative estimate of drug-likeness (QED) is 0.361. The average molecular weight is 496 g/mol. The molecule has 5 aromatic rings. The van der Waals surface area contributed by atoms with Gasteiger partial charge in [-0.15, -0.1) is 10.2 Å². The summed E-state index contributed by atoms with van der Waals surface area (Å²) in [6.07, 6.45) is 4.74. The first-order chi connectivity index (χ1) is 17.8. The third kappa shape index (κ3) is 4.14. The first-order valence-corrected chi connectivity index (χ1v) is 11.7. The number of nitrogens with zero attached hydrogens (tertiary/aromatic N) is 8. The maximum Gasteiger partial charge on any atom is 0.298 e. The van der Waals surface area contributed by atoms with Gasteiger partial charge in [0.15, 0.2) is 11.5 Å². The average Bonchev–Trinajstić information content (AvgIpc) is 3.47. The maximum atomic E-state index is 6.19. The lowest BCUT2D eigenvalue weighted by Gasteiger charge is -2.25. The zero-order chi connectivity index (χ0) is 25.7. The van der Waals surface area contributed by atoms with E-state index >= 15 is 0 Å². The van der Waals surface area contributed by atoms with E-state index in [4.69, 9.17) is 20.2 Å². The van der Waals surface area contributed by atoms with Crippen molar-refractivity contribution in [3.8, 4) is 11.6 Å². The molecule has 0 bridgehead atoms. The lowest BCUT2D eigenvalue weighted by atomic mass is 10.1. The predicted molar refractivity (Wildman–Crippen MR) is 140 cm³/mol. The molecule has 0 aliphatic carbocycles. The minimum Gasteiger partial charge on any atom is -0.462 e. The Labute approximate surface area is 212 Å². The summed E-state index contributed by atoms with van der Waals surface area (Å²) in [6, 6.07) is 11.8. The second kappa shape index (κ2) is 8.40. The van der Waals surface area contributed by atoms with Gasteiger partial charge < -0.3 is 15.2 Å². The molecule has 11 heteroatoms. The smallest absolute Gasteiger partial charge is 0.298 e. The van der Waals surface area contributed by atoms with Crippen LogP contribution in [0.5, 0.6) is 11.6 Å². The Bertz CT molecular complexity index is 1670. The molecule has 0 saturated heterocycles. The number of nitrogen functional groups attached to an aromatic ring is 1. The van der Waals surface area contributed by atoms with Gasteiger partial charge in [0, 0.05) is 17.1 Å². The van der Waals surface area contributed by atoms with Gasteiger partial charge in [0.25, 0.3) is 6.02 Å². The van der Waals surface area contributed by atoms with Crippen molar-refractivity contribution < 1.29 is 9.47 Å². The molecule has 0 spiro atoms. The van der Waals surface area contributed by atoms with Crippen LogP contribution >= 0.6 is 0 Å². The summed E-state index contributed by atoms with van der Waals surface area (Å²) >= 11 is 0. The minimum absolute atomic E-state index is 0.366. The molecule has 1 aliphatic rings. The van der Waals surface area contributed by atoms with Crippen LogP contribution in [0.25, 0.3) is 16.6 Å². The van der Waals surface area contributed by atoms with E-state index in [9.17, 15) is 0 Å². The van der Waals surface area contributed by atoms with Crippen LogP contribution in [0.1, 0.15) is 25.0 Å². The van der Waals surface area contributed by atoms with Crippen LogP contribution in [0.2, 0.25) is 0 Å². The van der Waals surface area contributed by atoms with E-state index in [2.05, 4.69) is 25.1 Å². The van der Waals surface area contributed by atoms with Gasteiger partial charge in [-0.3, -0.25) is 4.40 Å². The van der Waals surface area contributed by atoms with Gasteiger partial charge in [-0.2, -0.15) is 0 Å². The Hall–Kier alpha value is -4.80. The number of rotatable bonds is 4. The summed E-state index contributed by atoms with van der Waals surface area (Å²) < 4.78 is 14.0. The summed E-state index contributed by atoms with van der Waals surface area (Å²) in [5.74, 6) is 1.76. The number of aromatic nitrogens is 6. The molecule has 186 valence electrons. The molecule has 0 atom stereocenters. The molecular formula is C26H25N9O2. The summed E-state index contributed by atoms with van der Waals surface area (Å²) in [5, 5.41) is 8.74. The van der Waals surface area contributed by atoms with Gasteiger partial charge in [0.05, 0.1) is 16.7 Å². The highest BCUT2D eigenvalue weighted by atomic mass is 16.5. The summed E-state index contributed by atoms with van der Waals surface area (Å²) in [5.41, 5.74) is 10.4. The highest BCUT2D eigenvalue weighted by Crippen LogP contribution is 2.38. The summed E-state index contributed by atoms with van der Waals surface area (Å²) in [6.45, 7) is 8.48. The number of aryl methyl sites for hydroxylation is 2. The lowest BCUT2D eigenvalue weighted by Crippen LogP contribution is -2.27. The fourth-order valence-corrected chi connectivity index (χ4v) is 4.33. The molecule has 37 heavy (non-hydrogen) atoms. The number of aliphatic imine (C=N–C) groups is 1. The van der Waals surface area contributed by atoms with E-state index < -0.39 is 0 Å². The van der Waals surface area contributed by atoms with Gasteiger partial charge in [-0.05, 0) is 69.2 Å². The third-order valence-electron chi connectivity index (χ3n) is 6.07. The molecule has 0 unspecified atom stereocenters. The Balaban J connectivity index is 1.47. The van der Waals surface area contributed by atoms with Crippen molar-refractivity contribution in [2.75, 3.05) is 17.2 Å². The van der Waals surface area contributed by atoms with E-state index in [1.807, 2.05) is 62.9 Å². The standard InChI is InChI=1S/C26H25N9O2/c1-15-7-18(8-16(2)23(15)37-22-10-21-33-31-14-34(21)13-30-22)35(25-32-26(3,4)11-36-25)24-19-9-17(27)5-6-20(19)28-12-29-24/h5-10,12-14H,11,27H2,1-4H3. The molecule has 1 aliphatic heterocycles. The van der Waals surface area contributed by atoms with E-state index in [1.165, 1.54) is 6.33 Å². The van der Waals surface area contributed by atoms with Crippen LogP contribution < -0.4 is 15.4 Å². The second-order valence-corrected chi connectivity index (χ2v) is 9.64. The largest absolute Gasteiger partial charge is 0.462 e. The number of amidine groups is 1. The van der Waals surface area contributed by atoms with Crippen LogP contribution in [0, 0.1) is 13.8 Å². The molecule has 0 fully saturated rings. The molecule has 0 amide bonds. The molecule has 6 rings (SSSR count). The topological polar surface area (TPSA) is 129 Å². The van der Waals surface area contributed by atoms with Gasteiger partial charge in [0.2, 0.25) is 5.88 Å². The highest BCUT2D eigenvalue weighted by Gasteiger charge is 2.33. The van der Waals surface area contributed by atoms with E-state index in [0.717, 1.165) is 27.7 Å². The van der Waals surface area contributed by atoms with Crippen molar-refractivity contribution >= 4 is 39.8 Å². The van der Waals surface area contributed by atoms with Crippen LogP contribution in [-0.4, -0.2) is 47.7 Å². The number of fused-ring (bicyclic) bond motifs is 2. The van der Waals surface area contributed by atoms with Crippen molar-refractivity contribution in [1.82, 2.24) is 29.5 Å². The van der Waals surface area contributed by atoms with Crippen LogP contribution in [-0.2, 0) is 4.74 Å². The Morgan fingerprint density at radius 1 is 1.03 bits per heavy atom. The van der Waals surface area contributed by atoms with Crippen molar-refractivity contribution in [2.24, 2.45) is 4.99 Å². The number of benzene rings is 2. The fourth-order valence-electron chi connectivity index (χ4n) is 4.33. The molecule has 0 saturated carbocycles. The third-order valence-corrected chi connectivity index (χ3v) is 6.07. The van der Waals surface area contributed by atoms with Crippen molar-refractivity contribution in [3.05, 3.63) is 66.5 Å². The number of anilines is 3. The van der Waals surface area contributed by atoms with Gasteiger partial charge in [-0.1, -0.05) is 0 Å². The number of nitrogens with two attached hydrogens (primary N) is 1. The Kier molecular flexibility index (Phi) is 5.14. The van der Waals surface area contributed by atoms with Crippen molar-refractivity contribution in [1.29, 1.82) is 0 Å². The maximum absolute atomic E-state index is 6.19. The molecular weight excluding hydrogens is 470 g/mol. The highest BCUT2D eigenvalue weighted by molar-refractivity contribution is 6.06. The van der Waals surface area contributed by atoms with E-state index in [1.54, 1.807) is 23.1 Å². The number of hydrogen-bond donors (Lipinski definition) is 1. The summed E-state index contributed by atoms with van der Waals surface area (Å²) in [4.78, 5) is 20.2. The molecule has 11 nitrogen and oxygen atoms in total. The Morgan fingerprint density at radius 2 is 1.84 bits per heavy atom. The van der Waals surface area contributed by atoms with E-state index in [-0.39, 0.29) is 5.54 Å². The van der Waals surface area contributed by atoms with Crippen molar-refractivity contribution in [3.63, 3.8) is 0 Å². The second-order valence-electron chi connectivity index (χ2n) is 9.64. The normalized spacial score (nSPS) is 14.5. The first-order valence-electron chi connectivity index (χ1n) is 11.7. The van der Waals surface area contributed by atoms with Crippen LogP contribution in [0.4, 0.5) is 17.2 Å². The monoisotopic (exact) mass is 495 g/mol. The SMILES string of the molecule is Cc1cc(N(C2=NC(C)(C)CO2)c2ncnc3ccc(N)cc23)cc(C)c1Oc1cc2nncn2cn1. The number of ether oxygens (including phenoxy) is 2. The van der Waals surface area contributed by atoms with Crippen molar-refractivity contribution in [2.45, 2.75) is 33.2 Å². The summed E-state index contributed by atoms with van der Waals surface area (Å²) in [7, 11) is 0. The van der Waals surface area contributed by atoms with Crippen LogP contribution in [0.3, 0.4) is 0 Å². The van der Waals surface area contributed by atoms with Gasteiger partial charge >= 0.3 is 0 Å². The molecule has 3 aromatic heterocycles. The van der Waals surface area contributed by atoms with Gasteiger partial charge in [0.1, 0.15) is 31.3 Å². The van der Waals surface area contributed by atoms with Gasteiger partial charge in [-0.25, -0.2) is 24.8 Å². The molecule has 0 radical (unpaired) electrons.